The molecule has 0 aliphatic heterocycles. The summed E-state index contributed by atoms with van der Waals surface area (Å²) in [6.45, 7) is 11.4. The average Bonchev–Trinajstić information content (AvgIpc) is 2.68. The Bertz CT molecular complexity index is 1180. The van der Waals surface area contributed by atoms with Crippen molar-refractivity contribution in [1.29, 1.82) is 0 Å². The number of benzene rings is 3. The Morgan fingerprint density at radius 2 is 1.50 bits per heavy atom. The van der Waals surface area contributed by atoms with E-state index in [4.69, 9.17) is 0 Å². The van der Waals surface area contributed by atoms with Gasteiger partial charge in [-0.3, -0.25) is 0 Å². The van der Waals surface area contributed by atoms with E-state index >= 15 is 0 Å². The van der Waals surface area contributed by atoms with E-state index in [1.54, 1.807) is 0 Å². The van der Waals surface area contributed by atoms with E-state index in [1.165, 1.54) is 49.6 Å². The molecule has 0 unspecified atom stereocenters. The zero-order chi connectivity index (χ0) is 20.0. The fraction of sp³-hybridized carbons (Fsp3) is 0.296. The first-order valence-electron chi connectivity index (χ1n) is 10.3. The predicted molar refractivity (Wildman–Crippen MR) is 121 cm³/mol. The van der Waals surface area contributed by atoms with Crippen LogP contribution in [0.1, 0.15) is 56.2 Å². The minimum atomic E-state index is 0.509. The summed E-state index contributed by atoms with van der Waals surface area (Å²) in [5.74, 6) is 1.03. The van der Waals surface area contributed by atoms with Gasteiger partial charge in [0.05, 0.1) is 0 Å². The number of pyridine rings is 1. The van der Waals surface area contributed by atoms with Crippen LogP contribution in [0.3, 0.4) is 0 Å². The lowest BCUT2D eigenvalue weighted by molar-refractivity contribution is -0.633. The van der Waals surface area contributed by atoms with Crippen molar-refractivity contribution in [1.82, 2.24) is 0 Å². The molecule has 0 aliphatic rings. The summed E-state index contributed by atoms with van der Waals surface area (Å²) in [6.07, 6.45) is 0. The van der Waals surface area contributed by atoms with Crippen molar-refractivity contribution in [3.8, 4) is 11.3 Å². The molecule has 0 aliphatic carbocycles. The van der Waals surface area contributed by atoms with Gasteiger partial charge in [0.15, 0.2) is 0 Å². The highest BCUT2D eigenvalue weighted by Crippen LogP contribution is 2.32. The monoisotopic (exact) mass is 368 g/mol. The maximum absolute atomic E-state index is 2.40. The van der Waals surface area contributed by atoms with Gasteiger partial charge in [0, 0.05) is 23.1 Å². The van der Waals surface area contributed by atoms with Gasteiger partial charge in [-0.2, -0.15) is 4.57 Å². The molecule has 1 heteroatoms. The lowest BCUT2D eigenvalue weighted by Crippen LogP contribution is -2.32. The van der Waals surface area contributed by atoms with E-state index in [0.29, 0.717) is 11.8 Å². The van der Waals surface area contributed by atoms with Crippen molar-refractivity contribution in [2.45, 2.75) is 46.5 Å². The minimum Gasteiger partial charge on any atom is -0.194 e. The Morgan fingerprint density at radius 3 is 2.21 bits per heavy atom. The zero-order valence-electron chi connectivity index (χ0n) is 17.9. The number of hydrogen-bond acceptors (Lipinski definition) is 0. The van der Waals surface area contributed by atoms with Gasteiger partial charge in [-0.15, -0.1) is 0 Å². The van der Waals surface area contributed by atoms with Crippen LogP contribution in [-0.4, -0.2) is 0 Å². The number of aryl methyl sites for hydroxylation is 2. The highest BCUT2D eigenvalue weighted by molar-refractivity contribution is 5.91. The summed E-state index contributed by atoms with van der Waals surface area (Å²) in [5.41, 5.74) is 8.10. The van der Waals surface area contributed by atoms with Crippen molar-refractivity contribution in [2.75, 3.05) is 0 Å². The van der Waals surface area contributed by atoms with Crippen molar-refractivity contribution >= 4 is 21.7 Å². The molecule has 4 rings (SSSR count). The first-order chi connectivity index (χ1) is 13.4. The van der Waals surface area contributed by atoms with Gasteiger partial charge in [0.2, 0.25) is 11.2 Å². The quantitative estimate of drug-likeness (QED) is 0.341. The summed E-state index contributed by atoms with van der Waals surface area (Å²) < 4.78 is 2.38. The van der Waals surface area contributed by atoms with Gasteiger partial charge in [-0.25, -0.2) is 0 Å². The molecular formula is C27H30N+. The van der Waals surface area contributed by atoms with Gasteiger partial charge < -0.3 is 0 Å². The molecule has 142 valence electrons. The number of nitrogens with zero attached hydrogens (tertiary/aromatic N) is 1. The fourth-order valence-corrected chi connectivity index (χ4v) is 4.33. The van der Waals surface area contributed by atoms with Crippen LogP contribution in [0.25, 0.3) is 32.9 Å². The first kappa shape index (κ1) is 18.7. The van der Waals surface area contributed by atoms with Crippen molar-refractivity contribution in [2.24, 2.45) is 7.05 Å². The highest BCUT2D eigenvalue weighted by atomic mass is 14.9. The molecule has 0 saturated carbocycles. The Labute approximate surface area is 168 Å². The van der Waals surface area contributed by atoms with Gasteiger partial charge in [0.25, 0.3) is 0 Å². The molecule has 0 amide bonds. The maximum Gasteiger partial charge on any atom is 0.213 e. The third kappa shape index (κ3) is 2.99. The summed E-state index contributed by atoms with van der Waals surface area (Å²) >= 11 is 0. The van der Waals surface area contributed by atoms with Crippen LogP contribution >= 0.6 is 0 Å². The first-order valence-corrected chi connectivity index (χ1v) is 10.3. The average molecular weight is 369 g/mol. The van der Waals surface area contributed by atoms with Crippen LogP contribution in [-0.2, 0) is 7.05 Å². The molecular weight excluding hydrogens is 338 g/mol. The zero-order valence-corrected chi connectivity index (χ0v) is 17.9. The molecule has 3 aromatic carbocycles. The van der Waals surface area contributed by atoms with E-state index in [-0.39, 0.29) is 0 Å². The standard InChI is InChI=1S/C27H30N/c1-17(2)21-15-25(18(3)4)24-13-14-26(28(6)27(24)16-21)23-12-11-20-9-7-8-10-22(20)19(23)5/h7-18H,1-6H3/q+1. The van der Waals surface area contributed by atoms with Crippen LogP contribution in [0, 0.1) is 6.92 Å². The summed E-state index contributed by atoms with van der Waals surface area (Å²) in [7, 11) is 2.21. The van der Waals surface area contributed by atoms with Crippen LogP contribution in [0.4, 0.5) is 0 Å². The van der Waals surface area contributed by atoms with E-state index in [2.05, 4.69) is 107 Å². The molecule has 4 aromatic rings. The van der Waals surface area contributed by atoms with Crippen LogP contribution in [0.5, 0.6) is 0 Å². The van der Waals surface area contributed by atoms with E-state index in [0.717, 1.165) is 0 Å². The van der Waals surface area contributed by atoms with Crippen LogP contribution < -0.4 is 4.57 Å². The molecule has 28 heavy (non-hydrogen) atoms. The van der Waals surface area contributed by atoms with Gasteiger partial charge in [-0.1, -0.05) is 64.1 Å². The van der Waals surface area contributed by atoms with Crippen molar-refractivity contribution < 1.29 is 4.57 Å². The summed E-state index contributed by atoms with van der Waals surface area (Å²) in [5, 5.41) is 4.00. The largest absolute Gasteiger partial charge is 0.213 e. The molecule has 0 fully saturated rings. The Hall–Kier alpha value is -2.67. The molecule has 1 aromatic heterocycles. The number of hydrogen-bond donors (Lipinski definition) is 0. The van der Waals surface area contributed by atoms with Crippen LogP contribution in [0.15, 0.2) is 60.7 Å². The molecule has 1 nitrogen and oxygen atoms in total. The minimum absolute atomic E-state index is 0.509. The smallest absolute Gasteiger partial charge is 0.194 e. The van der Waals surface area contributed by atoms with E-state index < -0.39 is 0 Å². The normalized spacial score (nSPS) is 11.9. The molecule has 0 radical (unpaired) electrons. The Kier molecular flexibility index (Phi) is 4.71. The summed E-state index contributed by atoms with van der Waals surface area (Å²) in [4.78, 5) is 0. The topological polar surface area (TPSA) is 3.88 Å². The van der Waals surface area contributed by atoms with Crippen molar-refractivity contribution in [3.63, 3.8) is 0 Å². The number of fused-ring (bicyclic) bond motifs is 2. The maximum atomic E-state index is 2.40. The number of aromatic nitrogens is 1. The Balaban J connectivity index is 2.02. The molecule has 1 heterocycles. The second-order valence-corrected chi connectivity index (χ2v) is 8.59. The second-order valence-electron chi connectivity index (χ2n) is 8.59. The molecule has 0 N–H and O–H groups in total. The van der Waals surface area contributed by atoms with Crippen LogP contribution in [0.2, 0.25) is 0 Å². The highest BCUT2D eigenvalue weighted by Gasteiger charge is 2.20. The molecule has 0 atom stereocenters. The van der Waals surface area contributed by atoms with E-state index in [1.807, 2.05) is 0 Å². The molecule has 0 spiro atoms. The third-order valence-electron chi connectivity index (χ3n) is 6.11. The predicted octanol–water partition coefficient (Wildman–Crippen LogP) is 7.04. The lowest BCUT2D eigenvalue weighted by atomic mass is 9.91. The number of rotatable bonds is 3. The van der Waals surface area contributed by atoms with Crippen molar-refractivity contribution in [3.05, 3.63) is 77.4 Å². The molecule has 0 bridgehead atoms. The second kappa shape index (κ2) is 7.05. The Morgan fingerprint density at radius 1 is 0.750 bits per heavy atom. The van der Waals surface area contributed by atoms with Gasteiger partial charge >= 0.3 is 0 Å². The SMILES string of the molecule is Cc1c(-c2ccc3c(C(C)C)cc(C(C)C)cc3[n+]2C)ccc2ccccc12. The third-order valence-corrected chi connectivity index (χ3v) is 6.11. The molecule has 0 saturated heterocycles. The fourth-order valence-electron chi connectivity index (χ4n) is 4.33. The summed E-state index contributed by atoms with van der Waals surface area (Å²) in [6, 6.07) is 22.6. The van der Waals surface area contributed by atoms with Gasteiger partial charge in [0.1, 0.15) is 7.05 Å². The van der Waals surface area contributed by atoms with Gasteiger partial charge in [-0.05, 0) is 58.4 Å². The lowest BCUT2D eigenvalue weighted by Gasteiger charge is -2.15. The van der Waals surface area contributed by atoms with E-state index in [9.17, 15) is 0 Å².